The third kappa shape index (κ3) is 4.88. The highest BCUT2D eigenvalue weighted by Crippen LogP contribution is 2.30. The summed E-state index contributed by atoms with van der Waals surface area (Å²) in [6, 6.07) is 8.11. The first-order chi connectivity index (χ1) is 18.3. The maximum atomic E-state index is 10.2. The molecule has 10 nitrogen and oxygen atoms in total. The Morgan fingerprint density at radius 2 is 1.74 bits per heavy atom. The molecule has 0 radical (unpaired) electrons. The number of hydrogen-bond donors (Lipinski definition) is 1. The monoisotopic (exact) mass is 518 g/mol. The van der Waals surface area contributed by atoms with Gasteiger partial charge in [-0.1, -0.05) is 12.1 Å². The van der Waals surface area contributed by atoms with Crippen molar-refractivity contribution in [2.45, 2.75) is 52.2 Å². The number of morpholine rings is 1. The van der Waals surface area contributed by atoms with Crippen molar-refractivity contribution < 1.29 is 9.84 Å². The average molecular weight is 519 g/mol. The van der Waals surface area contributed by atoms with Crippen molar-refractivity contribution in [3.05, 3.63) is 35.9 Å². The number of aliphatic hydroxyl groups is 1. The number of para-hydroxylation sites is 2. The van der Waals surface area contributed by atoms with E-state index in [0.29, 0.717) is 25.1 Å². The highest BCUT2D eigenvalue weighted by atomic mass is 16.5. The number of benzene rings is 1. The molecule has 0 saturated carbocycles. The third-order valence-electron chi connectivity index (χ3n) is 7.88. The summed E-state index contributed by atoms with van der Waals surface area (Å²) < 4.78 is 9.80. The zero-order valence-corrected chi connectivity index (χ0v) is 22.9. The van der Waals surface area contributed by atoms with Crippen molar-refractivity contribution in [1.29, 1.82) is 0 Å². The van der Waals surface area contributed by atoms with Gasteiger partial charge in [0.25, 0.3) is 0 Å². The largest absolute Gasteiger partial charge is 0.390 e. The van der Waals surface area contributed by atoms with Gasteiger partial charge in [0.05, 0.1) is 36.4 Å². The van der Waals surface area contributed by atoms with Crippen LogP contribution in [-0.2, 0) is 18.3 Å². The fourth-order valence-corrected chi connectivity index (χ4v) is 5.97. The van der Waals surface area contributed by atoms with Gasteiger partial charge in [-0.2, -0.15) is 9.97 Å². The molecule has 1 aromatic carbocycles. The predicted molar refractivity (Wildman–Crippen MR) is 148 cm³/mol. The van der Waals surface area contributed by atoms with Gasteiger partial charge in [0.1, 0.15) is 11.6 Å². The van der Waals surface area contributed by atoms with Crippen LogP contribution in [0.3, 0.4) is 0 Å². The number of likely N-dealkylation sites (tertiary alicyclic amines) is 1. The highest BCUT2D eigenvalue weighted by Gasteiger charge is 2.27. The second kappa shape index (κ2) is 9.91. The van der Waals surface area contributed by atoms with E-state index in [-0.39, 0.29) is 0 Å². The number of aryl methyl sites for hydroxylation is 2. The van der Waals surface area contributed by atoms with E-state index in [4.69, 9.17) is 24.7 Å². The Kier molecular flexibility index (Phi) is 6.57. The number of piperidine rings is 1. The van der Waals surface area contributed by atoms with Gasteiger partial charge in [0, 0.05) is 20.1 Å². The van der Waals surface area contributed by atoms with Gasteiger partial charge < -0.3 is 19.3 Å². The third-order valence-corrected chi connectivity index (χ3v) is 7.88. The Hall–Kier alpha value is -3.08. The van der Waals surface area contributed by atoms with Gasteiger partial charge in [0.2, 0.25) is 5.95 Å². The van der Waals surface area contributed by atoms with Crippen molar-refractivity contribution in [3.63, 3.8) is 0 Å². The Bertz CT molecular complexity index is 1440. The zero-order chi connectivity index (χ0) is 26.4. The molecule has 6 rings (SSSR count). The fourth-order valence-electron chi connectivity index (χ4n) is 5.97. The van der Waals surface area contributed by atoms with Crippen LogP contribution < -0.4 is 4.90 Å². The molecule has 38 heavy (non-hydrogen) atoms. The first-order valence-electron chi connectivity index (χ1n) is 13.7. The van der Waals surface area contributed by atoms with Crippen LogP contribution >= 0.6 is 0 Å². The van der Waals surface area contributed by atoms with E-state index in [9.17, 15) is 5.11 Å². The Labute approximate surface area is 223 Å². The lowest BCUT2D eigenvalue weighted by molar-refractivity contribution is 0.0365. The molecule has 2 aliphatic heterocycles. The second-order valence-corrected chi connectivity index (χ2v) is 11.4. The first-order valence-corrected chi connectivity index (χ1v) is 13.7. The average Bonchev–Trinajstić information content (AvgIpc) is 3.40. The summed E-state index contributed by atoms with van der Waals surface area (Å²) in [6.45, 7) is 11.5. The number of hydrogen-bond acceptors (Lipinski definition) is 8. The van der Waals surface area contributed by atoms with Crippen LogP contribution in [0.15, 0.2) is 24.3 Å². The predicted octanol–water partition coefficient (Wildman–Crippen LogP) is 3.22. The summed E-state index contributed by atoms with van der Waals surface area (Å²) in [5, 5.41) is 10.2. The van der Waals surface area contributed by atoms with Gasteiger partial charge >= 0.3 is 0 Å². The molecular weight excluding hydrogens is 480 g/mol. The Balaban J connectivity index is 1.36. The van der Waals surface area contributed by atoms with E-state index in [2.05, 4.69) is 27.5 Å². The summed E-state index contributed by atoms with van der Waals surface area (Å²) in [5.41, 5.74) is 3.00. The SMILES string of the molecule is Cc1nc2ccccc2n1-c1nc(N2CCOCC2)c2nc(CN3CCC(CC(C)(C)O)CC3)n(C)c2n1. The molecule has 5 heterocycles. The van der Waals surface area contributed by atoms with E-state index >= 15 is 0 Å². The molecule has 4 aromatic rings. The smallest absolute Gasteiger partial charge is 0.239 e. The molecule has 202 valence electrons. The second-order valence-electron chi connectivity index (χ2n) is 11.4. The van der Waals surface area contributed by atoms with E-state index < -0.39 is 5.60 Å². The normalized spacial score (nSPS) is 18.2. The molecule has 0 atom stereocenters. The van der Waals surface area contributed by atoms with E-state index in [1.54, 1.807) is 0 Å². The van der Waals surface area contributed by atoms with E-state index in [1.165, 1.54) is 0 Å². The van der Waals surface area contributed by atoms with Crippen molar-refractivity contribution in [1.82, 2.24) is 34.0 Å². The minimum Gasteiger partial charge on any atom is -0.390 e. The minimum absolute atomic E-state index is 0.571. The lowest BCUT2D eigenvalue weighted by Crippen LogP contribution is -2.37. The highest BCUT2D eigenvalue weighted by molar-refractivity contribution is 5.86. The van der Waals surface area contributed by atoms with Crippen LogP contribution in [0.4, 0.5) is 5.82 Å². The Morgan fingerprint density at radius 3 is 2.47 bits per heavy atom. The molecular formula is C28H38N8O2. The van der Waals surface area contributed by atoms with Crippen molar-refractivity contribution in [2.24, 2.45) is 13.0 Å². The number of ether oxygens (including phenoxy) is 1. The lowest BCUT2D eigenvalue weighted by Gasteiger charge is -2.34. The lowest BCUT2D eigenvalue weighted by atomic mass is 9.86. The molecule has 2 fully saturated rings. The zero-order valence-electron chi connectivity index (χ0n) is 22.9. The van der Waals surface area contributed by atoms with Gasteiger partial charge in [-0.25, -0.2) is 9.97 Å². The fraction of sp³-hybridized carbons (Fsp3) is 0.571. The van der Waals surface area contributed by atoms with E-state index in [1.807, 2.05) is 43.5 Å². The van der Waals surface area contributed by atoms with Gasteiger partial charge in [-0.3, -0.25) is 9.47 Å². The maximum absolute atomic E-state index is 10.2. The summed E-state index contributed by atoms with van der Waals surface area (Å²) in [7, 11) is 2.06. The van der Waals surface area contributed by atoms with Crippen molar-refractivity contribution in [3.8, 4) is 5.95 Å². The number of nitrogens with zero attached hydrogens (tertiary/aromatic N) is 8. The molecule has 0 bridgehead atoms. The molecule has 2 saturated heterocycles. The standard InChI is InChI=1S/C28H38N8O2/c1-19-29-21-7-5-6-8-22(21)36(19)27-31-25-24(26(32-27)35-13-15-38-16-14-35)30-23(33(25)4)18-34-11-9-20(10-12-34)17-28(2,3)37/h5-8,20,37H,9-18H2,1-4H3. The summed E-state index contributed by atoms with van der Waals surface area (Å²) in [6.07, 6.45) is 3.06. The number of aromatic nitrogens is 6. The van der Waals surface area contributed by atoms with Crippen LogP contribution in [0.25, 0.3) is 28.1 Å². The molecule has 0 amide bonds. The van der Waals surface area contributed by atoms with Crippen molar-refractivity contribution >= 4 is 28.0 Å². The van der Waals surface area contributed by atoms with Crippen LogP contribution in [-0.4, -0.2) is 84.1 Å². The molecule has 0 aliphatic carbocycles. The van der Waals surface area contributed by atoms with E-state index in [0.717, 1.165) is 91.7 Å². The van der Waals surface area contributed by atoms with Gasteiger partial charge in [0.15, 0.2) is 17.0 Å². The number of fused-ring (bicyclic) bond motifs is 2. The minimum atomic E-state index is -0.602. The number of anilines is 1. The first kappa shape index (κ1) is 25.2. The molecule has 3 aromatic heterocycles. The number of imidazole rings is 2. The molecule has 1 N–H and O–H groups in total. The van der Waals surface area contributed by atoms with Crippen LogP contribution in [0.2, 0.25) is 0 Å². The molecule has 0 spiro atoms. The van der Waals surface area contributed by atoms with Crippen molar-refractivity contribution in [2.75, 3.05) is 44.3 Å². The summed E-state index contributed by atoms with van der Waals surface area (Å²) in [5.74, 6) is 3.90. The quantitative estimate of drug-likeness (QED) is 0.416. The topological polar surface area (TPSA) is 97.4 Å². The molecule has 2 aliphatic rings. The summed E-state index contributed by atoms with van der Waals surface area (Å²) >= 11 is 0. The van der Waals surface area contributed by atoms with Crippen LogP contribution in [0.5, 0.6) is 0 Å². The number of rotatable bonds is 6. The molecule has 0 unspecified atom stereocenters. The van der Waals surface area contributed by atoms with Gasteiger partial charge in [-0.15, -0.1) is 0 Å². The van der Waals surface area contributed by atoms with Crippen LogP contribution in [0, 0.1) is 12.8 Å². The maximum Gasteiger partial charge on any atom is 0.239 e. The van der Waals surface area contributed by atoms with Crippen LogP contribution in [0.1, 0.15) is 44.8 Å². The molecule has 10 heteroatoms. The van der Waals surface area contributed by atoms with Gasteiger partial charge in [-0.05, 0) is 71.2 Å². The summed E-state index contributed by atoms with van der Waals surface area (Å²) in [4.78, 5) is 24.8. The Morgan fingerprint density at radius 1 is 1.00 bits per heavy atom.